The monoisotopic (exact) mass is 230 g/mol. The van der Waals surface area contributed by atoms with Crippen molar-refractivity contribution in [3.05, 3.63) is 35.4 Å². The van der Waals surface area contributed by atoms with E-state index in [0.717, 1.165) is 18.3 Å². The third-order valence-corrected chi connectivity index (χ3v) is 4.41. The fourth-order valence-electron chi connectivity index (χ4n) is 2.93. The van der Waals surface area contributed by atoms with Crippen LogP contribution >= 0.6 is 0 Å². The van der Waals surface area contributed by atoms with Crippen LogP contribution < -0.4 is 0 Å². The van der Waals surface area contributed by atoms with E-state index in [1.54, 1.807) is 0 Å². The van der Waals surface area contributed by atoms with Gasteiger partial charge in [-0.3, -0.25) is 0 Å². The molecule has 17 heavy (non-hydrogen) atoms. The van der Waals surface area contributed by atoms with Crippen LogP contribution in [0.4, 0.5) is 0 Å². The Kier molecular flexibility index (Phi) is 4.65. The molecule has 0 amide bonds. The molecule has 0 heterocycles. The van der Waals surface area contributed by atoms with E-state index in [9.17, 15) is 0 Å². The van der Waals surface area contributed by atoms with Crippen LogP contribution in [0.3, 0.4) is 0 Å². The molecule has 94 valence electrons. The second-order valence-corrected chi connectivity index (χ2v) is 5.83. The van der Waals surface area contributed by atoms with Gasteiger partial charge in [0.2, 0.25) is 0 Å². The van der Waals surface area contributed by atoms with Gasteiger partial charge in [-0.05, 0) is 42.2 Å². The zero-order valence-electron chi connectivity index (χ0n) is 11.4. The maximum Gasteiger partial charge on any atom is -0.0276 e. The van der Waals surface area contributed by atoms with Gasteiger partial charge in [0.1, 0.15) is 0 Å². The van der Waals surface area contributed by atoms with Gasteiger partial charge in [0.25, 0.3) is 0 Å². The van der Waals surface area contributed by atoms with Crippen molar-refractivity contribution in [2.24, 2.45) is 11.8 Å². The minimum Gasteiger partial charge on any atom is -0.0625 e. The topological polar surface area (TPSA) is 0 Å². The van der Waals surface area contributed by atoms with Gasteiger partial charge in [0.15, 0.2) is 0 Å². The van der Waals surface area contributed by atoms with Crippen LogP contribution in [0.1, 0.15) is 57.1 Å². The van der Waals surface area contributed by atoms with E-state index in [1.807, 2.05) is 0 Å². The number of aryl methyl sites for hydroxylation is 2. The highest BCUT2D eigenvalue weighted by Crippen LogP contribution is 2.31. The Bertz CT molecular complexity index is 314. The maximum absolute atomic E-state index is 2.40. The van der Waals surface area contributed by atoms with Crippen molar-refractivity contribution in [1.82, 2.24) is 0 Å². The van der Waals surface area contributed by atoms with Crippen molar-refractivity contribution >= 4 is 0 Å². The summed E-state index contributed by atoms with van der Waals surface area (Å²) in [6.07, 6.45) is 9.68. The summed E-state index contributed by atoms with van der Waals surface area (Å²) in [6, 6.07) is 9.23. The smallest absolute Gasteiger partial charge is 0.0276 e. The summed E-state index contributed by atoms with van der Waals surface area (Å²) in [4.78, 5) is 0. The van der Waals surface area contributed by atoms with E-state index in [4.69, 9.17) is 0 Å². The molecule has 0 bridgehead atoms. The summed E-state index contributed by atoms with van der Waals surface area (Å²) in [5, 5.41) is 0. The molecule has 0 aliphatic heterocycles. The second-order valence-electron chi connectivity index (χ2n) is 5.83. The molecule has 0 unspecified atom stereocenters. The lowest BCUT2D eigenvalue weighted by Crippen LogP contribution is -2.12. The van der Waals surface area contributed by atoms with Crippen molar-refractivity contribution in [2.75, 3.05) is 0 Å². The molecule has 2 rings (SSSR count). The number of hydrogen-bond donors (Lipinski definition) is 0. The Labute approximate surface area is 106 Å². The lowest BCUT2D eigenvalue weighted by Gasteiger charge is -2.26. The Morgan fingerprint density at radius 3 is 2.12 bits per heavy atom. The molecule has 0 aromatic heterocycles. The van der Waals surface area contributed by atoms with Crippen molar-refractivity contribution in [2.45, 2.75) is 58.8 Å². The van der Waals surface area contributed by atoms with Crippen LogP contribution in [0.25, 0.3) is 0 Å². The third kappa shape index (κ3) is 3.87. The first-order valence-electron chi connectivity index (χ1n) is 7.35. The zero-order chi connectivity index (χ0) is 12.1. The first-order chi connectivity index (χ1) is 8.28. The molecule has 1 aromatic rings. The molecule has 0 spiro atoms. The molecule has 0 nitrogen and oxygen atoms in total. The van der Waals surface area contributed by atoms with E-state index < -0.39 is 0 Å². The van der Waals surface area contributed by atoms with Crippen molar-refractivity contribution in [3.63, 3.8) is 0 Å². The lowest BCUT2D eigenvalue weighted by atomic mass is 9.80. The fourth-order valence-corrected chi connectivity index (χ4v) is 2.93. The molecular weight excluding hydrogens is 204 g/mol. The second kappa shape index (κ2) is 6.23. The quantitative estimate of drug-likeness (QED) is 0.682. The first kappa shape index (κ1) is 12.7. The lowest BCUT2D eigenvalue weighted by molar-refractivity contribution is 0.278. The summed E-state index contributed by atoms with van der Waals surface area (Å²) < 4.78 is 0. The highest BCUT2D eigenvalue weighted by molar-refractivity contribution is 5.22. The van der Waals surface area contributed by atoms with Gasteiger partial charge in [0, 0.05) is 0 Å². The summed E-state index contributed by atoms with van der Waals surface area (Å²) in [5.74, 6) is 1.98. The fraction of sp³-hybridized carbons (Fsp3) is 0.647. The van der Waals surface area contributed by atoms with Crippen molar-refractivity contribution < 1.29 is 0 Å². The average molecular weight is 230 g/mol. The molecule has 1 aromatic carbocycles. The van der Waals surface area contributed by atoms with Gasteiger partial charge >= 0.3 is 0 Å². The first-order valence-corrected chi connectivity index (χ1v) is 7.35. The molecule has 0 heteroatoms. The Morgan fingerprint density at radius 1 is 0.941 bits per heavy atom. The molecule has 0 atom stereocenters. The van der Waals surface area contributed by atoms with Gasteiger partial charge in [-0.1, -0.05) is 63.8 Å². The molecular formula is C17H26. The zero-order valence-corrected chi connectivity index (χ0v) is 11.4. The number of benzene rings is 1. The normalized spacial score (nSPS) is 24.8. The largest absolute Gasteiger partial charge is 0.0625 e. The van der Waals surface area contributed by atoms with Crippen LogP contribution in [0.15, 0.2) is 24.3 Å². The summed E-state index contributed by atoms with van der Waals surface area (Å²) >= 11 is 0. The molecule has 1 aliphatic rings. The summed E-state index contributed by atoms with van der Waals surface area (Å²) in [6.45, 7) is 4.62. The van der Waals surface area contributed by atoms with E-state index in [1.165, 1.54) is 49.7 Å². The highest BCUT2D eigenvalue weighted by atomic mass is 14.2. The molecule has 1 aliphatic carbocycles. The van der Waals surface area contributed by atoms with Crippen LogP contribution in [0.2, 0.25) is 0 Å². The van der Waals surface area contributed by atoms with Crippen LogP contribution in [0, 0.1) is 11.8 Å². The highest BCUT2D eigenvalue weighted by Gasteiger charge is 2.17. The van der Waals surface area contributed by atoms with Gasteiger partial charge in [0.05, 0.1) is 0 Å². The minimum absolute atomic E-state index is 0.982. The van der Waals surface area contributed by atoms with E-state index in [-0.39, 0.29) is 0 Å². The summed E-state index contributed by atoms with van der Waals surface area (Å²) in [7, 11) is 0. The number of rotatable bonds is 4. The third-order valence-electron chi connectivity index (χ3n) is 4.41. The van der Waals surface area contributed by atoms with E-state index >= 15 is 0 Å². The minimum atomic E-state index is 0.982. The maximum atomic E-state index is 2.40. The van der Waals surface area contributed by atoms with Gasteiger partial charge in [-0.25, -0.2) is 0 Å². The van der Waals surface area contributed by atoms with Crippen LogP contribution in [-0.4, -0.2) is 0 Å². The Hall–Kier alpha value is -0.780. The SMILES string of the molecule is CCc1ccc(CCC2CCC(C)CC2)cc1. The van der Waals surface area contributed by atoms with Crippen molar-refractivity contribution in [1.29, 1.82) is 0 Å². The predicted octanol–water partition coefficient (Wildman–Crippen LogP) is 5.01. The van der Waals surface area contributed by atoms with Crippen LogP contribution in [-0.2, 0) is 12.8 Å². The van der Waals surface area contributed by atoms with Crippen molar-refractivity contribution in [3.8, 4) is 0 Å². The molecule has 1 saturated carbocycles. The Morgan fingerprint density at radius 2 is 1.53 bits per heavy atom. The Balaban J connectivity index is 1.77. The number of hydrogen-bond acceptors (Lipinski definition) is 0. The molecule has 0 radical (unpaired) electrons. The van der Waals surface area contributed by atoms with Gasteiger partial charge < -0.3 is 0 Å². The van der Waals surface area contributed by atoms with Gasteiger partial charge in [-0.2, -0.15) is 0 Å². The van der Waals surface area contributed by atoms with Crippen LogP contribution in [0.5, 0.6) is 0 Å². The molecule has 0 saturated heterocycles. The van der Waals surface area contributed by atoms with Gasteiger partial charge in [-0.15, -0.1) is 0 Å². The molecule has 0 N–H and O–H groups in total. The molecule has 1 fully saturated rings. The van der Waals surface area contributed by atoms with E-state index in [0.29, 0.717) is 0 Å². The average Bonchev–Trinajstić information content (AvgIpc) is 2.39. The standard InChI is InChI=1S/C17H26/c1-3-15-8-10-17(11-9-15)13-12-16-6-4-14(2)5-7-16/h8-11,14,16H,3-7,12-13H2,1-2H3. The summed E-state index contributed by atoms with van der Waals surface area (Å²) in [5.41, 5.74) is 2.99. The predicted molar refractivity (Wildman–Crippen MR) is 75.3 cm³/mol. The van der Waals surface area contributed by atoms with E-state index in [2.05, 4.69) is 38.1 Å².